The lowest BCUT2D eigenvalue weighted by molar-refractivity contribution is 0.0567. The van der Waals surface area contributed by atoms with E-state index in [0.29, 0.717) is 18.7 Å². The van der Waals surface area contributed by atoms with E-state index in [9.17, 15) is 9.90 Å². The fraction of sp³-hybridized carbons (Fsp3) is 0.733. The monoisotopic (exact) mass is 293 g/mol. The van der Waals surface area contributed by atoms with Gasteiger partial charge in [-0.15, -0.1) is 0 Å². The van der Waals surface area contributed by atoms with Gasteiger partial charge >= 0.3 is 0 Å². The first-order valence-corrected chi connectivity index (χ1v) is 7.84. The van der Waals surface area contributed by atoms with Gasteiger partial charge in [0.1, 0.15) is 0 Å². The zero-order valence-corrected chi connectivity index (χ0v) is 12.5. The molecule has 0 aromatic carbocycles. The Bertz CT molecular complexity index is 524. The average Bonchev–Trinajstić information content (AvgIpc) is 2.85. The number of carbonyl (C=O) groups is 1. The number of amides is 1. The van der Waals surface area contributed by atoms with E-state index in [-0.39, 0.29) is 18.6 Å². The second kappa shape index (κ2) is 6.05. The highest BCUT2D eigenvalue weighted by Crippen LogP contribution is 2.28. The Morgan fingerprint density at radius 1 is 1.38 bits per heavy atom. The van der Waals surface area contributed by atoms with Gasteiger partial charge in [0.25, 0.3) is 5.91 Å². The predicted octanol–water partition coefficient (Wildman–Crippen LogP) is 1.35. The van der Waals surface area contributed by atoms with Crippen molar-refractivity contribution >= 4 is 5.91 Å². The molecule has 1 unspecified atom stereocenters. The van der Waals surface area contributed by atoms with E-state index < -0.39 is 0 Å². The summed E-state index contributed by atoms with van der Waals surface area (Å²) < 4.78 is 7.44. The zero-order chi connectivity index (χ0) is 14.8. The Balaban J connectivity index is 1.85. The Hall–Kier alpha value is -1.56. The minimum Gasteiger partial charge on any atom is -0.478 e. The van der Waals surface area contributed by atoms with Gasteiger partial charge in [0.05, 0.1) is 6.61 Å². The summed E-state index contributed by atoms with van der Waals surface area (Å²) in [5.74, 6) is 0.719. The van der Waals surface area contributed by atoms with Crippen molar-refractivity contribution in [2.75, 3.05) is 19.8 Å². The zero-order valence-electron chi connectivity index (χ0n) is 12.5. The first-order valence-electron chi connectivity index (χ1n) is 7.84. The molecule has 2 aliphatic heterocycles. The normalized spacial score (nSPS) is 21.8. The molecule has 0 saturated carbocycles. The highest BCUT2D eigenvalue weighted by molar-refractivity contribution is 5.94. The molecule has 3 rings (SSSR count). The maximum atomic E-state index is 12.8. The van der Waals surface area contributed by atoms with Crippen molar-refractivity contribution in [3.63, 3.8) is 0 Å². The van der Waals surface area contributed by atoms with Gasteiger partial charge in [-0.3, -0.25) is 4.79 Å². The molecule has 6 nitrogen and oxygen atoms in total. The van der Waals surface area contributed by atoms with Crippen LogP contribution in [0.2, 0.25) is 0 Å². The maximum absolute atomic E-state index is 12.8. The summed E-state index contributed by atoms with van der Waals surface area (Å²) in [6.45, 7) is 4.28. The minimum absolute atomic E-state index is 0.0175. The molecule has 0 bridgehead atoms. The highest BCUT2D eigenvalue weighted by Gasteiger charge is 2.31. The topological polar surface area (TPSA) is 67.6 Å². The number of hydrogen-bond acceptors (Lipinski definition) is 4. The maximum Gasteiger partial charge on any atom is 0.275 e. The van der Waals surface area contributed by atoms with E-state index in [1.165, 1.54) is 0 Å². The van der Waals surface area contributed by atoms with Gasteiger partial charge in [-0.1, -0.05) is 0 Å². The van der Waals surface area contributed by atoms with Gasteiger partial charge in [-0.05, 0) is 32.6 Å². The third-order valence-electron chi connectivity index (χ3n) is 4.44. The van der Waals surface area contributed by atoms with Gasteiger partial charge < -0.3 is 14.7 Å². The second-order valence-corrected chi connectivity index (χ2v) is 5.86. The highest BCUT2D eigenvalue weighted by atomic mass is 16.5. The van der Waals surface area contributed by atoms with Crippen LogP contribution in [-0.2, 0) is 6.54 Å². The van der Waals surface area contributed by atoms with Crippen LogP contribution in [0.15, 0.2) is 0 Å². The molecule has 116 valence electrons. The molecule has 0 aliphatic carbocycles. The fourth-order valence-corrected chi connectivity index (χ4v) is 3.31. The van der Waals surface area contributed by atoms with E-state index in [1.54, 1.807) is 4.68 Å². The van der Waals surface area contributed by atoms with E-state index in [0.717, 1.165) is 50.2 Å². The molecule has 0 radical (unpaired) electrons. The number of ether oxygens (including phenoxy) is 1. The van der Waals surface area contributed by atoms with Gasteiger partial charge in [0.15, 0.2) is 5.69 Å². The van der Waals surface area contributed by atoms with Gasteiger partial charge in [0.2, 0.25) is 5.88 Å². The SMILES string of the molecule is Cc1c(C(=O)N2CCCCC2CCO)nn2c1OCCC2. The lowest BCUT2D eigenvalue weighted by atomic mass is 9.99. The van der Waals surface area contributed by atoms with Crippen LogP contribution in [0.1, 0.15) is 48.2 Å². The van der Waals surface area contributed by atoms with Gasteiger partial charge in [-0.25, -0.2) is 4.68 Å². The molecule has 1 amide bonds. The standard InChI is InChI=1S/C15H23N3O3/c1-11-13(16-18-8-4-10-21-15(11)18)14(20)17-7-3-2-5-12(17)6-9-19/h12,19H,2-10H2,1H3. The molecule has 21 heavy (non-hydrogen) atoms. The van der Waals surface area contributed by atoms with E-state index >= 15 is 0 Å². The number of piperidine rings is 1. The second-order valence-electron chi connectivity index (χ2n) is 5.86. The predicted molar refractivity (Wildman–Crippen MR) is 77.5 cm³/mol. The van der Waals surface area contributed by atoms with Crippen molar-refractivity contribution in [1.29, 1.82) is 0 Å². The molecule has 2 aliphatic rings. The van der Waals surface area contributed by atoms with Crippen molar-refractivity contribution in [2.24, 2.45) is 0 Å². The lowest BCUT2D eigenvalue weighted by Crippen LogP contribution is -2.44. The van der Waals surface area contributed by atoms with Crippen molar-refractivity contribution in [3.8, 4) is 5.88 Å². The number of aliphatic hydroxyl groups excluding tert-OH is 1. The molecule has 3 heterocycles. The van der Waals surface area contributed by atoms with Crippen LogP contribution in [0, 0.1) is 6.92 Å². The minimum atomic E-state index is -0.0175. The number of aryl methyl sites for hydroxylation is 1. The smallest absolute Gasteiger partial charge is 0.275 e. The molecular formula is C15H23N3O3. The molecule has 1 N–H and O–H groups in total. The summed E-state index contributed by atoms with van der Waals surface area (Å²) in [7, 11) is 0. The van der Waals surface area contributed by atoms with Crippen LogP contribution >= 0.6 is 0 Å². The van der Waals surface area contributed by atoms with E-state index in [2.05, 4.69) is 5.10 Å². The average molecular weight is 293 g/mol. The molecule has 1 fully saturated rings. The van der Waals surface area contributed by atoms with E-state index in [1.807, 2.05) is 11.8 Å². The molecule has 1 aromatic heterocycles. The number of fused-ring (bicyclic) bond motifs is 1. The summed E-state index contributed by atoms with van der Waals surface area (Å²) in [5.41, 5.74) is 1.35. The summed E-state index contributed by atoms with van der Waals surface area (Å²) >= 11 is 0. The fourth-order valence-electron chi connectivity index (χ4n) is 3.31. The number of aromatic nitrogens is 2. The number of aliphatic hydroxyl groups is 1. The Morgan fingerprint density at radius 3 is 3.00 bits per heavy atom. The van der Waals surface area contributed by atoms with Crippen LogP contribution < -0.4 is 4.74 Å². The summed E-state index contributed by atoms with van der Waals surface area (Å²) in [6, 6.07) is 0.135. The summed E-state index contributed by atoms with van der Waals surface area (Å²) in [4.78, 5) is 14.7. The number of nitrogens with zero attached hydrogens (tertiary/aromatic N) is 3. The molecule has 0 spiro atoms. The van der Waals surface area contributed by atoms with Crippen LogP contribution in [0.4, 0.5) is 0 Å². The van der Waals surface area contributed by atoms with Crippen LogP contribution in [0.5, 0.6) is 5.88 Å². The molecule has 1 saturated heterocycles. The van der Waals surface area contributed by atoms with Crippen LogP contribution in [0.25, 0.3) is 0 Å². The molecular weight excluding hydrogens is 270 g/mol. The first-order chi connectivity index (χ1) is 10.2. The number of rotatable bonds is 3. The molecule has 6 heteroatoms. The van der Waals surface area contributed by atoms with Crippen LogP contribution in [0.3, 0.4) is 0 Å². The third kappa shape index (κ3) is 2.64. The first kappa shape index (κ1) is 14.4. The van der Waals surface area contributed by atoms with Gasteiger partial charge in [0, 0.05) is 37.7 Å². The van der Waals surface area contributed by atoms with Crippen LogP contribution in [-0.4, -0.2) is 51.5 Å². The number of likely N-dealkylation sites (tertiary alicyclic amines) is 1. The van der Waals surface area contributed by atoms with Crippen molar-refractivity contribution < 1.29 is 14.6 Å². The number of hydrogen-bond donors (Lipinski definition) is 1. The van der Waals surface area contributed by atoms with E-state index in [4.69, 9.17) is 4.74 Å². The Kier molecular flexibility index (Phi) is 4.14. The van der Waals surface area contributed by atoms with Crippen molar-refractivity contribution in [2.45, 2.75) is 51.6 Å². The third-order valence-corrected chi connectivity index (χ3v) is 4.44. The largest absolute Gasteiger partial charge is 0.478 e. The molecule has 1 aromatic rings. The van der Waals surface area contributed by atoms with Gasteiger partial charge in [-0.2, -0.15) is 5.10 Å². The number of carbonyl (C=O) groups excluding carboxylic acids is 1. The van der Waals surface area contributed by atoms with Crippen molar-refractivity contribution in [3.05, 3.63) is 11.3 Å². The Morgan fingerprint density at radius 2 is 2.24 bits per heavy atom. The van der Waals surface area contributed by atoms with Crippen molar-refractivity contribution in [1.82, 2.24) is 14.7 Å². The molecule has 1 atom stereocenters. The summed E-state index contributed by atoms with van der Waals surface area (Å²) in [6.07, 6.45) is 4.69. The lowest BCUT2D eigenvalue weighted by Gasteiger charge is -2.35. The Labute approximate surface area is 124 Å². The quantitative estimate of drug-likeness (QED) is 0.913. The summed E-state index contributed by atoms with van der Waals surface area (Å²) in [5, 5.41) is 13.7.